The maximum Gasteiger partial charge on any atom is 0.137 e. The summed E-state index contributed by atoms with van der Waals surface area (Å²) in [5.74, 6) is 0. The second-order valence-electron chi connectivity index (χ2n) is 4.03. The van der Waals surface area contributed by atoms with Crippen molar-refractivity contribution in [3.8, 4) is 0 Å². The summed E-state index contributed by atoms with van der Waals surface area (Å²) in [4.78, 5) is 3.95. The fourth-order valence-electron chi connectivity index (χ4n) is 1.97. The number of hydrogen-bond acceptors (Lipinski definition) is 4. The first-order valence-corrected chi connectivity index (χ1v) is 5.98. The molecule has 1 aromatic carbocycles. The third-order valence-corrected chi connectivity index (χ3v) is 2.81. The zero-order chi connectivity index (χ0) is 12.8. The fourth-order valence-corrected chi connectivity index (χ4v) is 1.97. The van der Waals surface area contributed by atoms with Crippen molar-refractivity contribution in [1.29, 1.82) is 0 Å². The van der Waals surface area contributed by atoms with Crippen LogP contribution in [0.3, 0.4) is 0 Å². The fraction of sp³-hybridized carbons (Fsp3) is 0.308. The van der Waals surface area contributed by atoms with Gasteiger partial charge in [0.25, 0.3) is 0 Å². The SMILES string of the molecule is CCC[C@H](/C(=N/O)c1ccccc1)n1cncn1. The lowest BCUT2D eigenvalue weighted by molar-refractivity contribution is 0.313. The van der Waals surface area contributed by atoms with Gasteiger partial charge in [-0.3, -0.25) is 0 Å². The summed E-state index contributed by atoms with van der Waals surface area (Å²) in [5.41, 5.74) is 1.51. The van der Waals surface area contributed by atoms with Crippen LogP contribution in [0.15, 0.2) is 48.1 Å². The molecule has 0 saturated carbocycles. The van der Waals surface area contributed by atoms with Gasteiger partial charge in [0.05, 0.1) is 6.04 Å². The van der Waals surface area contributed by atoms with E-state index in [4.69, 9.17) is 0 Å². The Kier molecular flexibility index (Phi) is 4.06. The van der Waals surface area contributed by atoms with Crippen LogP contribution in [0, 0.1) is 0 Å². The van der Waals surface area contributed by atoms with Gasteiger partial charge >= 0.3 is 0 Å². The number of rotatable bonds is 5. The summed E-state index contributed by atoms with van der Waals surface area (Å²) in [6.07, 6.45) is 4.95. The molecule has 0 amide bonds. The Balaban J connectivity index is 2.35. The summed E-state index contributed by atoms with van der Waals surface area (Å²) < 4.78 is 1.73. The van der Waals surface area contributed by atoms with E-state index in [1.807, 2.05) is 30.3 Å². The van der Waals surface area contributed by atoms with Crippen LogP contribution in [-0.2, 0) is 0 Å². The van der Waals surface area contributed by atoms with Gasteiger partial charge in [0.1, 0.15) is 18.4 Å². The van der Waals surface area contributed by atoms with Gasteiger partial charge in [-0.05, 0) is 6.42 Å². The number of nitrogens with zero attached hydrogens (tertiary/aromatic N) is 4. The molecule has 0 spiro atoms. The zero-order valence-electron chi connectivity index (χ0n) is 10.3. The van der Waals surface area contributed by atoms with Crippen molar-refractivity contribution in [3.05, 3.63) is 48.5 Å². The second-order valence-corrected chi connectivity index (χ2v) is 4.03. The third kappa shape index (κ3) is 2.56. The van der Waals surface area contributed by atoms with Crippen molar-refractivity contribution in [2.45, 2.75) is 25.8 Å². The van der Waals surface area contributed by atoms with Gasteiger partial charge in [-0.25, -0.2) is 9.67 Å². The molecule has 0 bridgehead atoms. The van der Waals surface area contributed by atoms with E-state index in [-0.39, 0.29) is 6.04 Å². The Bertz CT molecular complexity index is 493. The van der Waals surface area contributed by atoms with Crippen molar-refractivity contribution < 1.29 is 5.21 Å². The van der Waals surface area contributed by atoms with E-state index in [0.717, 1.165) is 18.4 Å². The highest BCUT2D eigenvalue weighted by atomic mass is 16.4. The number of oxime groups is 1. The normalized spacial score (nSPS) is 13.5. The van der Waals surface area contributed by atoms with Crippen molar-refractivity contribution in [2.75, 3.05) is 0 Å². The van der Waals surface area contributed by atoms with E-state index >= 15 is 0 Å². The maximum atomic E-state index is 9.30. The Labute approximate surface area is 106 Å². The van der Waals surface area contributed by atoms with Gasteiger partial charge in [-0.15, -0.1) is 0 Å². The molecule has 94 valence electrons. The minimum absolute atomic E-state index is 0.0927. The Morgan fingerprint density at radius 1 is 1.39 bits per heavy atom. The first-order chi connectivity index (χ1) is 8.86. The van der Waals surface area contributed by atoms with Crippen LogP contribution in [-0.4, -0.2) is 25.7 Å². The molecule has 0 aliphatic heterocycles. The Morgan fingerprint density at radius 2 is 2.17 bits per heavy atom. The van der Waals surface area contributed by atoms with Crippen LogP contribution in [0.4, 0.5) is 0 Å². The van der Waals surface area contributed by atoms with Gasteiger partial charge in [-0.2, -0.15) is 5.10 Å². The van der Waals surface area contributed by atoms with Crippen molar-refractivity contribution in [2.24, 2.45) is 5.16 Å². The van der Waals surface area contributed by atoms with Crippen LogP contribution >= 0.6 is 0 Å². The van der Waals surface area contributed by atoms with E-state index in [0.29, 0.717) is 5.71 Å². The standard InChI is InChI=1S/C13H16N4O/c1-2-6-12(17-10-14-9-15-17)13(16-18)11-7-4-3-5-8-11/h3-5,7-10,12,18H,2,6H2,1H3/b16-13+/t12-/m1/s1. The molecule has 0 unspecified atom stereocenters. The molecule has 1 aromatic heterocycles. The van der Waals surface area contributed by atoms with Gasteiger partial charge < -0.3 is 5.21 Å². The molecular formula is C13H16N4O. The molecule has 0 aliphatic rings. The summed E-state index contributed by atoms with van der Waals surface area (Å²) in [6.45, 7) is 2.09. The van der Waals surface area contributed by atoms with Gasteiger partial charge in [-0.1, -0.05) is 48.8 Å². The molecule has 1 N–H and O–H groups in total. The predicted octanol–water partition coefficient (Wildman–Crippen LogP) is 2.50. The van der Waals surface area contributed by atoms with Crippen LogP contribution in [0.5, 0.6) is 0 Å². The van der Waals surface area contributed by atoms with Crippen LogP contribution < -0.4 is 0 Å². The van der Waals surface area contributed by atoms with Crippen LogP contribution in [0.1, 0.15) is 31.4 Å². The van der Waals surface area contributed by atoms with E-state index in [1.165, 1.54) is 6.33 Å². The highest BCUT2D eigenvalue weighted by molar-refractivity contribution is 6.02. The van der Waals surface area contributed by atoms with E-state index in [2.05, 4.69) is 22.2 Å². The minimum atomic E-state index is -0.0927. The summed E-state index contributed by atoms with van der Waals surface area (Å²) in [5, 5.41) is 16.9. The molecule has 1 heterocycles. The van der Waals surface area contributed by atoms with Crippen LogP contribution in [0.2, 0.25) is 0 Å². The first kappa shape index (κ1) is 12.3. The average molecular weight is 244 g/mol. The molecule has 0 radical (unpaired) electrons. The lowest BCUT2D eigenvalue weighted by Gasteiger charge is -2.17. The van der Waals surface area contributed by atoms with E-state index < -0.39 is 0 Å². The zero-order valence-corrected chi connectivity index (χ0v) is 10.3. The molecule has 2 rings (SSSR count). The molecule has 0 fully saturated rings. The van der Waals surface area contributed by atoms with E-state index in [1.54, 1.807) is 11.0 Å². The van der Waals surface area contributed by atoms with Gasteiger partial charge in [0.15, 0.2) is 0 Å². The summed E-state index contributed by atoms with van der Waals surface area (Å²) in [7, 11) is 0. The third-order valence-electron chi connectivity index (χ3n) is 2.81. The maximum absolute atomic E-state index is 9.30. The van der Waals surface area contributed by atoms with Crippen molar-refractivity contribution >= 4 is 5.71 Å². The summed E-state index contributed by atoms with van der Waals surface area (Å²) in [6, 6.07) is 9.53. The highest BCUT2D eigenvalue weighted by Crippen LogP contribution is 2.19. The quantitative estimate of drug-likeness (QED) is 0.499. The molecule has 5 nitrogen and oxygen atoms in total. The lowest BCUT2D eigenvalue weighted by atomic mass is 10.00. The number of hydrogen-bond donors (Lipinski definition) is 1. The molecular weight excluding hydrogens is 228 g/mol. The van der Waals surface area contributed by atoms with E-state index in [9.17, 15) is 5.21 Å². The second kappa shape index (κ2) is 5.95. The smallest absolute Gasteiger partial charge is 0.137 e. The molecule has 0 aliphatic carbocycles. The first-order valence-electron chi connectivity index (χ1n) is 5.98. The number of benzene rings is 1. The van der Waals surface area contributed by atoms with Crippen LogP contribution in [0.25, 0.3) is 0 Å². The Morgan fingerprint density at radius 3 is 2.72 bits per heavy atom. The molecule has 5 heteroatoms. The Hall–Kier alpha value is -2.17. The lowest BCUT2D eigenvalue weighted by Crippen LogP contribution is -2.21. The largest absolute Gasteiger partial charge is 0.411 e. The minimum Gasteiger partial charge on any atom is -0.411 e. The number of aromatic nitrogens is 3. The van der Waals surface area contributed by atoms with Crippen molar-refractivity contribution in [1.82, 2.24) is 14.8 Å². The van der Waals surface area contributed by atoms with Crippen molar-refractivity contribution in [3.63, 3.8) is 0 Å². The monoisotopic (exact) mass is 244 g/mol. The summed E-state index contributed by atoms with van der Waals surface area (Å²) >= 11 is 0. The average Bonchev–Trinajstić information content (AvgIpc) is 2.93. The molecule has 1 atom stereocenters. The van der Waals surface area contributed by atoms with Gasteiger partial charge in [0, 0.05) is 5.56 Å². The highest BCUT2D eigenvalue weighted by Gasteiger charge is 2.20. The molecule has 2 aromatic rings. The molecule has 18 heavy (non-hydrogen) atoms. The topological polar surface area (TPSA) is 63.3 Å². The predicted molar refractivity (Wildman–Crippen MR) is 68.7 cm³/mol. The molecule has 0 saturated heterocycles. The van der Waals surface area contributed by atoms with Gasteiger partial charge in [0.2, 0.25) is 0 Å².